The number of unbranched alkanes of at least 4 members (excludes halogenated alkanes) is 1. The van der Waals surface area contributed by atoms with Gasteiger partial charge < -0.3 is 58.9 Å². The summed E-state index contributed by atoms with van der Waals surface area (Å²) >= 11 is 4.03. The number of nitrogens with one attached hydrogen (secondary N) is 7. The SMILES string of the molecule is NCCCC[C@H](NC(=O)[C@H](CO)NC(=O)[C@H](CS)NC(=O)CNC(=O)[C@H](CN)NC(=O)[C@H](CO)NC(=O)CCNC(=O)CCN1C(=O)C=CC1=O)C(=O)C(=O)CCN1C(=O)C=CC1=O. The molecule has 0 unspecified atom stereocenters. The predicted molar refractivity (Wildman–Crippen MR) is 221 cm³/mol. The van der Waals surface area contributed by atoms with Gasteiger partial charge in [0.1, 0.15) is 24.2 Å². The fraction of sp³-hybridized carbons (Fsp3) is 0.541. The molecule has 0 aliphatic carbocycles. The Morgan fingerprint density at radius 1 is 0.562 bits per heavy atom. The third-order valence-electron chi connectivity index (χ3n) is 9.23. The zero-order valence-electron chi connectivity index (χ0n) is 34.5. The van der Waals surface area contributed by atoms with Crippen LogP contribution in [0.25, 0.3) is 0 Å². The van der Waals surface area contributed by atoms with Crippen molar-refractivity contribution in [2.75, 3.05) is 58.2 Å². The third-order valence-corrected chi connectivity index (χ3v) is 9.60. The number of carbonyl (C=O) groups is 13. The van der Waals surface area contributed by atoms with E-state index in [2.05, 4.69) is 49.8 Å². The molecular formula is C37H53N11O15S. The molecule has 27 heteroatoms. The van der Waals surface area contributed by atoms with E-state index in [0.29, 0.717) is 6.42 Å². The molecular weight excluding hydrogens is 871 g/mol. The highest BCUT2D eigenvalue weighted by atomic mass is 32.1. The maximum Gasteiger partial charge on any atom is 0.253 e. The van der Waals surface area contributed by atoms with Crippen molar-refractivity contribution in [2.45, 2.75) is 68.7 Å². The van der Waals surface area contributed by atoms with Crippen LogP contribution in [0.4, 0.5) is 0 Å². The highest BCUT2D eigenvalue weighted by Crippen LogP contribution is 2.09. The van der Waals surface area contributed by atoms with Gasteiger partial charge in [0, 0.05) is 75.5 Å². The molecule has 2 rings (SSSR count). The normalized spacial score (nSPS) is 15.5. The molecule has 26 nitrogen and oxygen atoms in total. The second kappa shape index (κ2) is 27.6. The van der Waals surface area contributed by atoms with E-state index in [4.69, 9.17) is 11.5 Å². The Balaban J connectivity index is 1.86. The van der Waals surface area contributed by atoms with Gasteiger partial charge in [0.2, 0.25) is 52.9 Å². The molecule has 0 aromatic rings. The number of Topliss-reactive ketones (excluding diaryl/α,β-unsaturated/α-hetero) is 2. The second-order valence-corrected chi connectivity index (χ2v) is 14.3. The Morgan fingerprint density at radius 2 is 1.05 bits per heavy atom. The molecule has 0 aromatic carbocycles. The summed E-state index contributed by atoms with van der Waals surface area (Å²) in [7, 11) is 0. The summed E-state index contributed by atoms with van der Waals surface area (Å²) in [5.41, 5.74) is 11.1. The summed E-state index contributed by atoms with van der Waals surface area (Å²) in [6, 6.07) is -7.64. The fourth-order valence-electron chi connectivity index (χ4n) is 5.65. The Hall–Kier alpha value is -6.42. The van der Waals surface area contributed by atoms with Crippen LogP contribution in [-0.4, -0.2) is 185 Å². The van der Waals surface area contributed by atoms with Crippen molar-refractivity contribution < 1.29 is 72.5 Å². The highest BCUT2D eigenvalue weighted by molar-refractivity contribution is 7.80. The summed E-state index contributed by atoms with van der Waals surface area (Å²) in [6.45, 7) is -3.74. The standard InChI is InChI=1S/C37H53N11O15S/c38-11-2-1-3-20(33(59)25(51)9-13-47-29(55)4-5-30(47)56)44-36(62)23(18-50)46-37(63)24(19-64)43-28(54)16-41-34(60)21(15-39)45-35(61)22(17-49)42-27(53)8-12-40-26(52)10-14-48-31(57)6-7-32(48)58/h4-7,20-24,49-50,64H,1-3,8-19,38-39H2,(H,40,52)(H,41,60)(H,42,53)(H,43,54)(H,44,62)(H,45,61)(H,46,63)/t20-,21-,22-,23-,24-/m0/s1. The molecule has 0 aromatic heterocycles. The number of amides is 11. The molecule has 0 saturated carbocycles. The zero-order valence-corrected chi connectivity index (χ0v) is 35.4. The van der Waals surface area contributed by atoms with Crippen LogP contribution in [0.2, 0.25) is 0 Å². The Morgan fingerprint density at radius 3 is 1.56 bits per heavy atom. The number of thiol groups is 1. The van der Waals surface area contributed by atoms with Gasteiger partial charge in [0.15, 0.2) is 0 Å². The number of aliphatic hydroxyl groups is 2. The van der Waals surface area contributed by atoms with E-state index in [1.54, 1.807) is 0 Å². The van der Waals surface area contributed by atoms with Crippen LogP contribution in [0.5, 0.6) is 0 Å². The second-order valence-electron chi connectivity index (χ2n) is 13.9. The first kappa shape index (κ1) is 53.7. The lowest BCUT2D eigenvalue weighted by molar-refractivity contribution is -0.141. The van der Waals surface area contributed by atoms with Crippen LogP contribution in [0.3, 0.4) is 0 Å². The number of aliphatic hydroxyl groups excluding tert-OH is 2. The highest BCUT2D eigenvalue weighted by Gasteiger charge is 2.33. The summed E-state index contributed by atoms with van der Waals surface area (Å²) in [4.78, 5) is 163. The molecule has 0 saturated heterocycles. The number of ketones is 2. The molecule has 0 spiro atoms. The van der Waals surface area contributed by atoms with E-state index in [1.165, 1.54) is 0 Å². The van der Waals surface area contributed by atoms with Gasteiger partial charge in [-0.2, -0.15) is 12.6 Å². The van der Waals surface area contributed by atoms with Gasteiger partial charge in [-0.25, -0.2) is 0 Å². The Labute approximate surface area is 370 Å². The van der Waals surface area contributed by atoms with Gasteiger partial charge in [0.05, 0.1) is 25.8 Å². The van der Waals surface area contributed by atoms with Crippen molar-refractivity contribution in [3.05, 3.63) is 24.3 Å². The van der Waals surface area contributed by atoms with Crippen molar-refractivity contribution in [2.24, 2.45) is 11.5 Å². The Kier molecular flexibility index (Phi) is 23.2. The first-order valence-corrected chi connectivity index (χ1v) is 20.4. The smallest absolute Gasteiger partial charge is 0.253 e. The van der Waals surface area contributed by atoms with Crippen LogP contribution >= 0.6 is 12.6 Å². The van der Waals surface area contributed by atoms with Gasteiger partial charge in [-0.05, 0) is 25.8 Å². The minimum absolute atomic E-state index is 0.0591. The number of hydrogen-bond donors (Lipinski definition) is 12. The largest absolute Gasteiger partial charge is 0.394 e. The molecule has 2 heterocycles. The maximum atomic E-state index is 13.1. The molecule has 2 aliphatic heterocycles. The summed E-state index contributed by atoms with van der Waals surface area (Å²) < 4.78 is 0. The number of hydrogen-bond acceptors (Lipinski definition) is 18. The fourth-order valence-corrected chi connectivity index (χ4v) is 5.90. The molecule has 0 radical (unpaired) electrons. The molecule has 11 amide bonds. The maximum absolute atomic E-state index is 13.1. The minimum Gasteiger partial charge on any atom is -0.394 e. The van der Waals surface area contributed by atoms with Crippen molar-refractivity contribution in [3.63, 3.8) is 0 Å². The zero-order chi connectivity index (χ0) is 47.9. The van der Waals surface area contributed by atoms with E-state index in [1.807, 2.05) is 0 Å². The van der Waals surface area contributed by atoms with Crippen LogP contribution in [0.1, 0.15) is 38.5 Å². The number of nitrogens with zero attached hydrogens (tertiary/aromatic N) is 2. The molecule has 352 valence electrons. The van der Waals surface area contributed by atoms with Gasteiger partial charge >= 0.3 is 0 Å². The third kappa shape index (κ3) is 17.4. The molecule has 5 atom stereocenters. The topological polar surface area (TPSA) is 405 Å². The van der Waals surface area contributed by atoms with Gasteiger partial charge in [-0.1, -0.05) is 0 Å². The lowest BCUT2D eigenvalue weighted by Crippen LogP contribution is -2.59. The molecule has 13 N–H and O–H groups in total. The molecule has 64 heavy (non-hydrogen) atoms. The number of imide groups is 2. The van der Waals surface area contributed by atoms with E-state index >= 15 is 0 Å². The average Bonchev–Trinajstić information content (AvgIpc) is 3.77. The van der Waals surface area contributed by atoms with Crippen LogP contribution in [-0.2, 0) is 62.3 Å². The minimum atomic E-state index is -1.70. The van der Waals surface area contributed by atoms with E-state index in [9.17, 15) is 72.5 Å². The summed E-state index contributed by atoms with van der Waals surface area (Å²) in [6.07, 6.45) is 3.68. The average molecular weight is 924 g/mol. The lowest BCUT2D eigenvalue weighted by Gasteiger charge is -2.24. The lowest BCUT2D eigenvalue weighted by atomic mass is 10.00. The molecule has 0 fully saturated rings. The van der Waals surface area contributed by atoms with Crippen LogP contribution in [0, 0.1) is 0 Å². The van der Waals surface area contributed by atoms with Gasteiger partial charge in [-0.3, -0.25) is 72.1 Å². The summed E-state index contributed by atoms with van der Waals surface area (Å²) in [5.74, 6) is -11.3. The van der Waals surface area contributed by atoms with Crippen LogP contribution in [0.15, 0.2) is 24.3 Å². The number of rotatable bonds is 30. The van der Waals surface area contributed by atoms with Crippen molar-refractivity contribution >= 4 is 89.2 Å². The van der Waals surface area contributed by atoms with Gasteiger partial charge in [-0.15, -0.1) is 0 Å². The first-order chi connectivity index (χ1) is 30.4. The van der Waals surface area contributed by atoms with Crippen molar-refractivity contribution in [3.8, 4) is 0 Å². The molecule has 0 bridgehead atoms. The van der Waals surface area contributed by atoms with E-state index < -0.39 is 139 Å². The number of carbonyl (C=O) groups excluding carboxylic acids is 13. The Bertz CT molecular complexity index is 1840. The van der Waals surface area contributed by atoms with Crippen molar-refractivity contribution in [1.82, 2.24) is 47.0 Å². The van der Waals surface area contributed by atoms with E-state index in [0.717, 1.165) is 34.1 Å². The predicted octanol–water partition coefficient (Wildman–Crippen LogP) is -8.20. The van der Waals surface area contributed by atoms with Crippen molar-refractivity contribution in [1.29, 1.82) is 0 Å². The quantitative estimate of drug-likeness (QED) is 0.0138. The molecule has 2 aliphatic rings. The monoisotopic (exact) mass is 923 g/mol. The van der Waals surface area contributed by atoms with E-state index in [-0.39, 0.29) is 57.6 Å². The number of nitrogens with two attached hydrogens (primary N) is 2. The van der Waals surface area contributed by atoms with Gasteiger partial charge in [0.25, 0.3) is 23.6 Å². The summed E-state index contributed by atoms with van der Waals surface area (Å²) in [5, 5.41) is 35.4. The van der Waals surface area contributed by atoms with Crippen LogP contribution < -0.4 is 48.7 Å². The first-order valence-electron chi connectivity index (χ1n) is 19.8.